The number of ether oxygens (including phenoxy) is 1. The van der Waals surface area contributed by atoms with Gasteiger partial charge in [0, 0.05) is 0 Å². The van der Waals surface area contributed by atoms with E-state index in [0.717, 1.165) is 6.40 Å². The fraction of sp³-hybridized carbons (Fsp3) is 0.600. The van der Waals surface area contributed by atoms with Crippen molar-refractivity contribution in [2.24, 2.45) is 4.99 Å². The molecule has 0 spiro atoms. The fourth-order valence-electron chi connectivity index (χ4n) is 0.220. The van der Waals surface area contributed by atoms with Crippen LogP contribution in [0.5, 0.6) is 0 Å². The minimum Gasteiger partial charge on any atom is -0.483 e. The molecule has 0 aliphatic heterocycles. The molecule has 0 N–H and O–H groups in total. The number of carbonyl (C=O) groups excluding carboxylic acids is 1. The average Bonchev–Trinajstić information content (AvgIpc) is 1.88. The molecule has 0 heterocycles. The van der Waals surface area contributed by atoms with E-state index in [1.54, 1.807) is 6.92 Å². The van der Waals surface area contributed by atoms with Gasteiger partial charge in [0.25, 0.3) is 5.91 Å². The molecule has 0 radical (unpaired) electrons. The van der Waals surface area contributed by atoms with E-state index in [4.69, 9.17) is 23.2 Å². The lowest BCUT2D eigenvalue weighted by Crippen LogP contribution is -2.04. The number of hydrogen-bond donors (Lipinski definition) is 0. The van der Waals surface area contributed by atoms with Crippen LogP contribution in [0.3, 0.4) is 0 Å². The molecule has 1 amide bonds. The van der Waals surface area contributed by atoms with Crippen molar-refractivity contribution in [3.8, 4) is 0 Å². The molecule has 58 valence electrons. The predicted octanol–water partition coefficient (Wildman–Crippen LogP) is 1.38. The summed E-state index contributed by atoms with van der Waals surface area (Å²) in [5.74, 6) is -0.614. The minimum absolute atomic E-state index is 0.464. The molecule has 0 saturated heterocycles. The molecule has 5 heteroatoms. The quantitative estimate of drug-likeness (QED) is 0.377. The van der Waals surface area contributed by atoms with Crippen molar-refractivity contribution in [2.75, 3.05) is 6.61 Å². The van der Waals surface area contributed by atoms with E-state index in [9.17, 15) is 4.79 Å². The number of carbonyl (C=O) groups is 1. The van der Waals surface area contributed by atoms with Crippen molar-refractivity contribution in [2.45, 2.75) is 11.8 Å². The first-order valence-corrected chi connectivity index (χ1v) is 3.52. The first kappa shape index (κ1) is 9.72. The molecule has 0 saturated carbocycles. The van der Waals surface area contributed by atoms with Crippen molar-refractivity contribution >= 4 is 35.5 Å². The second-order valence-corrected chi connectivity index (χ2v) is 2.43. The zero-order chi connectivity index (χ0) is 7.98. The van der Waals surface area contributed by atoms with Gasteiger partial charge in [-0.15, -0.1) is 0 Å². The highest BCUT2D eigenvalue weighted by Gasteiger charge is 2.07. The molecule has 0 aliphatic carbocycles. The second-order valence-electron chi connectivity index (χ2n) is 1.33. The van der Waals surface area contributed by atoms with Crippen LogP contribution in [0.4, 0.5) is 0 Å². The SMILES string of the molecule is CCOC=NC(=O)C(Cl)Cl. The van der Waals surface area contributed by atoms with Crippen LogP contribution < -0.4 is 0 Å². The van der Waals surface area contributed by atoms with Crippen molar-refractivity contribution in [3.05, 3.63) is 0 Å². The summed E-state index contributed by atoms with van der Waals surface area (Å²) in [6.07, 6.45) is 1.03. The second kappa shape index (κ2) is 5.50. The molecule has 0 aromatic carbocycles. The van der Waals surface area contributed by atoms with Crippen LogP contribution in [0.15, 0.2) is 4.99 Å². The van der Waals surface area contributed by atoms with E-state index in [1.807, 2.05) is 0 Å². The van der Waals surface area contributed by atoms with Gasteiger partial charge in [-0.05, 0) is 6.92 Å². The van der Waals surface area contributed by atoms with Gasteiger partial charge < -0.3 is 4.74 Å². The predicted molar refractivity (Wildman–Crippen MR) is 40.6 cm³/mol. The van der Waals surface area contributed by atoms with E-state index in [1.165, 1.54) is 0 Å². The van der Waals surface area contributed by atoms with E-state index in [2.05, 4.69) is 9.73 Å². The smallest absolute Gasteiger partial charge is 0.281 e. The summed E-state index contributed by atoms with van der Waals surface area (Å²) < 4.78 is 4.62. The van der Waals surface area contributed by atoms with E-state index >= 15 is 0 Å². The summed E-state index contributed by atoms with van der Waals surface area (Å²) in [7, 11) is 0. The lowest BCUT2D eigenvalue weighted by molar-refractivity contribution is -0.116. The highest BCUT2D eigenvalue weighted by Crippen LogP contribution is 2.02. The molecule has 0 atom stereocenters. The molecule has 0 bridgehead atoms. The van der Waals surface area contributed by atoms with Crippen LogP contribution in [0.1, 0.15) is 6.92 Å². The number of hydrogen-bond acceptors (Lipinski definition) is 2. The Balaban J connectivity index is 3.56. The van der Waals surface area contributed by atoms with Gasteiger partial charge in [0.1, 0.15) is 0 Å². The number of nitrogens with zero attached hydrogens (tertiary/aromatic N) is 1. The van der Waals surface area contributed by atoms with Crippen LogP contribution in [0.25, 0.3) is 0 Å². The molecular formula is C5H7Cl2NO2. The van der Waals surface area contributed by atoms with Crippen LogP contribution in [-0.4, -0.2) is 23.8 Å². The summed E-state index contributed by atoms with van der Waals surface area (Å²) in [6, 6.07) is 0. The van der Waals surface area contributed by atoms with Gasteiger partial charge in [-0.3, -0.25) is 4.79 Å². The van der Waals surface area contributed by atoms with Crippen LogP contribution in [0.2, 0.25) is 0 Å². The van der Waals surface area contributed by atoms with Gasteiger partial charge >= 0.3 is 0 Å². The summed E-state index contributed by atoms with van der Waals surface area (Å²) in [5, 5.41) is 0. The Kier molecular flexibility index (Phi) is 5.35. The fourth-order valence-corrected chi connectivity index (χ4v) is 0.333. The standard InChI is InChI=1S/C5H7Cl2NO2/c1-2-10-3-8-5(9)4(6)7/h3-4H,2H2,1H3. The largest absolute Gasteiger partial charge is 0.483 e. The first-order valence-electron chi connectivity index (χ1n) is 2.64. The van der Waals surface area contributed by atoms with Crippen LogP contribution in [0, 0.1) is 0 Å². The first-order chi connectivity index (χ1) is 4.68. The van der Waals surface area contributed by atoms with Crippen molar-refractivity contribution < 1.29 is 9.53 Å². The lowest BCUT2D eigenvalue weighted by Gasteiger charge is -1.92. The zero-order valence-corrected chi connectivity index (χ0v) is 6.89. The maximum atomic E-state index is 10.5. The Labute approximate surface area is 69.0 Å². The number of aliphatic imine (C=N–C) groups is 1. The minimum atomic E-state index is -1.10. The summed E-state index contributed by atoms with van der Waals surface area (Å²) in [6.45, 7) is 2.24. The highest BCUT2D eigenvalue weighted by molar-refractivity contribution is 6.53. The van der Waals surface area contributed by atoms with Gasteiger partial charge in [0.2, 0.25) is 0 Å². The van der Waals surface area contributed by atoms with E-state index < -0.39 is 10.7 Å². The number of alkyl halides is 2. The van der Waals surface area contributed by atoms with Gasteiger partial charge in [-0.2, -0.15) is 4.99 Å². The Morgan fingerprint density at radius 1 is 1.80 bits per heavy atom. The summed E-state index contributed by atoms with van der Waals surface area (Å²) in [5.41, 5.74) is 0. The Bertz CT molecular complexity index is 136. The molecule has 0 fully saturated rings. The number of rotatable bonds is 3. The molecule has 0 unspecified atom stereocenters. The monoisotopic (exact) mass is 183 g/mol. The van der Waals surface area contributed by atoms with Gasteiger partial charge in [0.15, 0.2) is 11.2 Å². The third-order valence-electron chi connectivity index (χ3n) is 0.608. The molecule has 10 heavy (non-hydrogen) atoms. The molecule has 0 aromatic heterocycles. The van der Waals surface area contributed by atoms with Gasteiger partial charge in [0.05, 0.1) is 6.61 Å². The topological polar surface area (TPSA) is 38.7 Å². The maximum Gasteiger partial charge on any atom is 0.281 e. The van der Waals surface area contributed by atoms with E-state index in [-0.39, 0.29) is 0 Å². The summed E-state index contributed by atoms with van der Waals surface area (Å²) >= 11 is 10.3. The number of amides is 1. The zero-order valence-electron chi connectivity index (χ0n) is 5.38. The van der Waals surface area contributed by atoms with Crippen molar-refractivity contribution in [1.82, 2.24) is 0 Å². The highest BCUT2D eigenvalue weighted by atomic mass is 35.5. The van der Waals surface area contributed by atoms with Gasteiger partial charge in [-0.25, -0.2) is 0 Å². The Morgan fingerprint density at radius 3 is 2.80 bits per heavy atom. The molecule has 0 rings (SSSR count). The van der Waals surface area contributed by atoms with Crippen molar-refractivity contribution in [3.63, 3.8) is 0 Å². The molecule has 0 aromatic rings. The van der Waals surface area contributed by atoms with Crippen molar-refractivity contribution in [1.29, 1.82) is 0 Å². The third-order valence-corrected chi connectivity index (χ3v) is 0.981. The lowest BCUT2D eigenvalue weighted by atomic mass is 10.7. The normalized spacial score (nSPS) is 10.8. The van der Waals surface area contributed by atoms with Gasteiger partial charge in [-0.1, -0.05) is 23.2 Å². The molecular weight excluding hydrogens is 177 g/mol. The summed E-state index contributed by atoms with van der Waals surface area (Å²) in [4.78, 5) is 12.6. The third kappa shape index (κ3) is 4.58. The maximum absolute atomic E-state index is 10.5. The Hall–Kier alpha value is -0.280. The Morgan fingerprint density at radius 2 is 2.40 bits per heavy atom. The molecule has 0 aliphatic rings. The van der Waals surface area contributed by atoms with Crippen LogP contribution in [-0.2, 0) is 9.53 Å². The van der Waals surface area contributed by atoms with E-state index in [0.29, 0.717) is 6.61 Å². The van der Waals surface area contributed by atoms with Crippen LogP contribution >= 0.6 is 23.2 Å². The molecule has 3 nitrogen and oxygen atoms in total. The number of halogens is 2. The average molecular weight is 184 g/mol.